The van der Waals surface area contributed by atoms with Crippen LogP contribution in [0.2, 0.25) is 0 Å². The van der Waals surface area contributed by atoms with Gasteiger partial charge in [0, 0.05) is 11.3 Å². The highest BCUT2D eigenvalue weighted by Crippen LogP contribution is 2.41. The van der Waals surface area contributed by atoms with Crippen molar-refractivity contribution in [3.05, 3.63) is 57.7 Å². The molecule has 0 aliphatic heterocycles. The number of amides is 2. The number of carbonyl (C=O) groups excluding carboxylic acids is 1. The monoisotopic (exact) mass is 483 g/mol. The highest BCUT2D eigenvalue weighted by molar-refractivity contribution is 7.91. The summed E-state index contributed by atoms with van der Waals surface area (Å²) in [5.74, 6) is -0.851. The maximum Gasteiger partial charge on any atom is 0.354 e. The minimum absolute atomic E-state index is 0. The first kappa shape index (κ1) is 24.6. The van der Waals surface area contributed by atoms with Crippen LogP contribution in [0.15, 0.2) is 27.5 Å². The molecule has 0 heterocycles. The number of hydrogen-bond donors (Lipinski definition) is 3. The van der Waals surface area contributed by atoms with E-state index in [1.54, 1.807) is 0 Å². The normalized spacial score (nSPS) is 16.6. The smallest absolute Gasteiger partial charge is 0.354 e. The molecule has 2 aliphatic carbocycles. The van der Waals surface area contributed by atoms with Gasteiger partial charge in [0.1, 0.15) is 21.5 Å². The Hall–Kier alpha value is -2.01. The summed E-state index contributed by atoms with van der Waals surface area (Å²) in [7, 11) is -3.70. The van der Waals surface area contributed by atoms with Crippen molar-refractivity contribution in [3.8, 4) is 0 Å². The Bertz CT molecular complexity index is 1180. The van der Waals surface area contributed by atoms with Crippen LogP contribution in [0, 0.1) is 11.6 Å². The molecule has 2 aromatic carbocycles. The van der Waals surface area contributed by atoms with Crippen molar-refractivity contribution in [3.63, 3.8) is 0 Å². The summed E-state index contributed by atoms with van der Waals surface area (Å²) in [4.78, 5) is 12.6. The molecule has 10 heteroatoms. The largest absolute Gasteiger partial charge is 0.386 e. The fourth-order valence-electron chi connectivity index (χ4n) is 4.50. The van der Waals surface area contributed by atoms with Gasteiger partial charge in [-0.05, 0) is 92.8 Å². The molecule has 2 aliphatic rings. The van der Waals surface area contributed by atoms with Crippen LogP contribution in [0.5, 0.6) is 0 Å². The predicted octanol–water partition coefficient (Wildman–Crippen LogP) is 4.22. The maximum atomic E-state index is 14.8. The molecule has 0 radical (unpaired) electrons. The maximum absolute atomic E-state index is 14.8. The number of fused-ring (bicyclic) bond motifs is 2. The first-order chi connectivity index (χ1) is 14.5. The van der Waals surface area contributed by atoms with Crippen LogP contribution in [-0.4, -0.2) is 15.3 Å². The minimum Gasteiger partial charge on any atom is -0.386 e. The summed E-state index contributed by atoms with van der Waals surface area (Å²) in [6.45, 7) is 2.76. The van der Waals surface area contributed by atoms with E-state index in [1.807, 2.05) is 0 Å². The molecule has 6 nitrogen and oxygen atoms in total. The summed E-state index contributed by atoms with van der Waals surface area (Å²) in [6, 6.07) is 2.46. The van der Waals surface area contributed by atoms with E-state index in [4.69, 9.17) is 5.14 Å². The highest BCUT2D eigenvalue weighted by Gasteiger charge is 2.30. The van der Waals surface area contributed by atoms with Crippen molar-refractivity contribution in [2.24, 2.45) is 9.50 Å². The van der Waals surface area contributed by atoms with Crippen molar-refractivity contribution in [1.29, 1.82) is 0 Å². The van der Waals surface area contributed by atoms with Gasteiger partial charge < -0.3 is 10.4 Å². The molecule has 0 spiro atoms. The van der Waals surface area contributed by atoms with E-state index in [9.17, 15) is 22.9 Å². The molecule has 0 bridgehead atoms. The summed E-state index contributed by atoms with van der Waals surface area (Å²) >= 11 is 0. The van der Waals surface area contributed by atoms with Crippen molar-refractivity contribution in [2.45, 2.75) is 62.9 Å². The van der Waals surface area contributed by atoms with Crippen molar-refractivity contribution in [2.75, 3.05) is 5.32 Å². The number of aliphatic hydroxyl groups is 1. The molecular formula is C22H27F2N3O3S2. The number of nitrogens with zero attached hydrogens (tertiary/aromatic N) is 1. The molecule has 32 heavy (non-hydrogen) atoms. The average Bonchev–Trinajstić information content (AvgIpc) is 3.34. The topological polar surface area (TPSA) is 105 Å². The Kier molecular flexibility index (Phi) is 6.72. The molecule has 0 fully saturated rings. The second-order valence-corrected chi connectivity index (χ2v) is 10.4. The van der Waals surface area contributed by atoms with Gasteiger partial charge in [0.05, 0.1) is 10.5 Å². The number of nitrogens with two attached hydrogens (primary N) is 1. The van der Waals surface area contributed by atoms with Gasteiger partial charge >= 0.3 is 6.03 Å². The SMILES string of the molecule is CC(C)(O)c1cc(S(N)(=O)=NC(=O)Nc2c3c(c(F)c4c2CCC4)CCC3)ccc1F.S. The van der Waals surface area contributed by atoms with Gasteiger partial charge in [-0.3, -0.25) is 0 Å². The lowest BCUT2D eigenvalue weighted by Crippen LogP contribution is -2.22. The van der Waals surface area contributed by atoms with Gasteiger partial charge in [-0.2, -0.15) is 13.5 Å². The predicted molar refractivity (Wildman–Crippen MR) is 125 cm³/mol. The molecular weight excluding hydrogens is 456 g/mol. The Morgan fingerprint density at radius 1 is 1.09 bits per heavy atom. The molecule has 4 N–H and O–H groups in total. The fourth-order valence-corrected chi connectivity index (χ4v) is 5.45. The summed E-state index contributed by atoms with van der Waals surface area (Å²) < 4.78 is 45.5. The lowest BCUT2D eigenvalue weighted by Gasteiger charge is -2.19. The number of nitrogens with one attached hydrogen (secondary N) is 1. The van der Waals surface area contributed by atoms with E-state index in [1.165, 1.54) is 19.9 Å². The van der Waals surface area contributed by atoms with Gasteiger partial charge in [0.2, 0.25) is 0 Å². The van der Waals surface area contributed by atoms with E-state index < -0.39 is 27.4 Å². The highest BCUT2D eigenvalue weighted by atomic mass is 32.2. The Labute approximate surface area is 193 Å². The second kappa shape index (κ2) is 8.74. The third kappa shape index (κ3) is 4.41. The number of halogens is 2. The lowest BCUT2D eigenvalue weighted by molar-refractivity contribution is 0.0743. The lowest BCUT2D eigenvalue weighted by atomic mass is 9.98. The quantitative estimate of drug-likeness (QED) is 0.609. The average molecular weight is 484 g/mol. The standard InChI is InChI=1S/C22H25F2N3O3S.H2S/c1-22(2,29)17-11-12(9-10-18(17)23)31(25,30)27-21(28)26-20-15-7-3-5-13(15)19(24)14-6-4-8-16(14)20;/h9-11,29H,3-8H2,1-2H3,(H3,25,26,27,28,30);1H2. The molecule has 2 amide bonds. The molecule has 2 aromatic rings. The number of rotatable bonds is 3. The second-order valence-electron chi connectivity index (χ2n) is 8.60. The van der Waals surface area contributed by atoms with Crippen LogP contribution < -0.4 is 10.5 Å². The third-order valence-electron chi connectivity index (χ3n) is 5.95. The first-order valence-electron chi connectivity index (χ1n) is 10.2. The molecule has 0 saturated carbocycles. The van der Waals surface area contributed by atoms with Gasteiger partial charge in [-0.15, -0.1) is 4.36 Å². The van der Waals surface area contributed by atoms with Crippen LogP contribution in [0.4, 0.5) is 19.3 Å². The number of anilines is 1. The molecule has 0 aromatic heterocycles. The molecule has 0 saturated heterocycles. The number of carbonyl (C=O) groups is 1. The zero-order valence-corrected chi connectivity index (χ0v) is 19.7. The zero-order valence-electron chi connectivity index (χ0n) is 17.9. The van der Waals surface area contributed by atoms with E-state index in [0.29, 0.717) is 42.5 Å². The van der Waals surface area contributed by atoms with Crippen LogP contribution in [-0.2, 0) is 41.2 Å². The van der Waals surface area contributed by atoms with Crippen LogP contribution >= 0.6 is 13.5 Å². The Morgan fingerprint density at radius 2 is 1.62 bits per heavy atom. The number of hydrogen-bond acceptors (Lipinski definition) is 3. The first-order valence-corrected chi connectivity index (χ1v) is 11.8. The third-order valence-corrected chi connectivity index (χ3v) is 7.32. The van der Waals surface area contributed by atoms with Gasteiger partial charge in [0.25, 0.3) is 0 Å². The van der Waals surface area contributed by atoms with E-state index in [0.717, 1.165) is 36.1 Å². The number of urea groups is 1. The molecule has 1 unspecified atom stereocenters. The molecule has 174 valence electrons. The van der Waals surface area contributed by atoms with Crippen LogP contribution in [0.25, 0.3) is 0 Å². The van der Waals surface area contributed by atoms with Crippen molar-refractivity contribution in [1.82, 2.24) is 0 Å². The van der Waals surface area contributed by atoms with Crippen LogP contribution in [0.1, 0.15) is 54.5 Å². The Balaban J connectivity index is 0.00000289. The van der Waals surface area contributed by atoms with E-state index in [2.05, 4.69) is 9.68 Å². The van der Waals surface area contributed by atoms with Crippen molar-refractivity contribution >= 4 is 35.1 Å². The summed E-state index contributed by atoms with van der Waals surface area (Å²) in [5.41, 5.74) is 1.74. The summed E-state index contributed by atoms with van der Waals surface area (Å²) in [6.07, 6.45) is 4.16. The van der Waals surface area contributed by atoms with Gasteiger partial charge in [0.15, 0.2) is 0 Å². The van der Waals surface area contributed by atoms with Crippen molar-refractivity contribution < 1.29 is 22.9 Å². The molecule has 4 rings (SSSR count). The number of benzene rings is 2. The minimum atomic E-state index is -3.70. The summed E-state index contributed by atoms with van der Waals surface area (Å²) in [5, 5.41) is 18.7. The van der Waals surface area contributed by atoms with E-state index >= 15 is 0 Å². The van der Waals surface area contributed by atoms with Gasteiger partial charge in [-0.25, -0.2) is 22.9 Å². The fraction of sp³-hybridized carbons (Fsp3) is 0.409. The van der Waals surface area contributed by atoms with E-state index in [-0.39, 0.29) is 29.8 Å². The zero-order chi connectivity index (χ0) is 22.6. The van der Waals surface area contributed by atoms with Crippen LogP contribution in [0.3, 0.4) is 0 Å². The molecule has 1 atom stereocenters. The van der Waals surface area contributed by atoms with Gasteiger partial charge in [-0.1, -0.05) is 0 Å². The Morgan fingerprint density at radius 3 is 2.16 bits per heavy atom.